The summed E-state index contributed by atoms with van der Waals surface area (Å²) >= 11 is 1.63. The van der Waals surface area contributed by atoms with Crippen LogP contribution in [0.3, 0.4) is 0 Å². The van der Waals surface area contributed by atoms with Crippen molar-refractivity contribution in [2.75, 3.05) is 52.6 Å². The van der Waals surface area contributed by atoms with Crippen molar-refractivity contribution in [3.05, 3.63) is 79.9 Å². The van der Waals surface area contributed by atoms with Gasteiger partial charge in [-0.15, -0.1) is 10.2 Å². The van der Waals surface area contributed by atoms with Gasteiger partial charge in [0.2, 0.25) is 0 Å². The second kappa shape index (κ2) is 20.4. The maximum atomic E-state index is 13.5. The maximum Gasteiger partial charge on any atom is 0.396 e. The van der Waals surface area contributed by atoms with Gasteiger partial charge in [-0.1, -0.05) is 0 Å². The molecule has 50 heavy (non-hydrogen) atoms. The Morgan fingerprint density at radius 2 is 0.960 bits per heavy atom. The van der Waals surface area contributed by atoms with Gasteiger partial charge in [-0.3, -0.25) is 20.2 Å². The molecule has 0 atom stereocenters. The summed E-state index contributed by atoms with van der Waals surface area (Å²) in [5, 5.41) is 39.5. The lowest BCUT2D eigenvalue weighted by molar-refractivity contribution is -0.385. The Labute approximate surface area is 297 Å². The lowest BCUT2D eigenvalue weighted by Crippen LogP contribution is -2.49. The lowest BCUT2D eigenvalue weighted by Gasteiger charge is -2.37. The number of nitrogens with zero attached hydrogens (tertiary/aromatic N) is 8. The van der Waals surface area contributed by atoms with E-state index in [2.05, 4.69) is 20.4 Å². The van der Waals surface area contributed by atoms with Crippen LogP contribution in [0.2, 0.25) is 0 Å². The predicted octanol–water partition coefficient (Wildman–Crippen LogP) is 7.03. The quantitative estimate of drug-likeness (QED) is 0.0551. The minimum absolute atomic E-state index is 0.0638. The Morgan fingerprint density at radius 3 is 1.22 bits per heavy atom. The van der Waals surface area contributed by atoms with Crippen molar-refractivity contribution in [1.29, 1.82) is 0 Å². The molecule has 1 saturated heterocycles. The first-order valence-corrected chi connectivity index (χ1v) is 21.3. The molecule has 18 nitrogen and oxygen atoms in total. The third kappa shape index (κ3) is 13.0. The second-order valence-corrected chi connectivity index (χ2v) is 17.4. The van der Waals surface area contributed by atoms with E-state index in [1.807, 2.05) is 9.80 Å². The maximum absolute atomic E-state index is 13.5. The average molecular weight is 773 g/mol. The first kappa shape index (κ1) is 40.9. The van der Waals surface area contributed by atoms with E-state index >= 15 is 0 Å². The first-order chi connectivity index (χ1) is 23.9. The zero-order valence-corrected chi connectivity index (χ0v) is 31.2. The fourth-order valence-corrected chi connectivity index (χ4v) is 10.8. The highest BCUT2D eigenvalue weighted by Crippen LogP contribution is 2.62. The number of piperazine rings is 1. The number of hydrogen-bond acceptors (Lipinski definition) is 16. The largest absolute Gasteiger partial charge is 0.396 e. The van der Waals surface area contributed by atoms with E-state index < -0.39 is 23.4 Å². The molecule has 1 aliphatic rings. The Hall–Kier alpha value is -3.48. The monoisotopic (exact) mass is 772 g/mol. The van der Waals surface area contributed by atoms with Crippen LogP contribution in [-0.2, 0) is 27.2 Å². The van der Waals surface area contributed by atoms with Crippen LogP contribution in [0.15, 0.2) is 68.9 Å². The van der Waals surface area contributed by atoms with Crippen LogP contribution in [0.4, 0.5) is 11.4 Å². The molecule has 0 saturated carbocycles. The summed E-state index contributed by atoms with van der Waals surface area (Å²) in [7, 11) is 0. The van der Waals surface area contributed by atoms with Crippen LogP contribution >= 0.6 is 36.4 Å². The zero-order valence-electron chi connectivity index (χ0n) is 27.8. The number of nitro groups is 2. The molecule has 2 aromatic carbocycles. The van der Waals surface area contributed by atoms with Crippen LogP contribution in [0, 0.1) is 20.2 Å². The van der Waals surface area contributed by atoms with E-state index in [4.69, 9.17) is 18.1 Å². The third-order valence-electron chi connectivity index (χ3n) is 6.26. The van der Waals surface area contributed by atoms with Gasteiger partial charge in [0, 0.05) is 73.2 Å². The SMILES string of the molecule is CCOP(=O)(OCC)S/C(=N\N=C\c1ccc([N+](=O)[O-])cc1)N1CCN(/C(=N\N=C\c2ccc([N+](=O)[O-])cc2)SP(=O)(OCC)OCC)CC1. The molecule has 0 amide bonds. The molecule has 0 radical (unpaired) electrons. The van der Waals surface area contributed by atoms with E-state index in [1.54, 1.807) is 27.7 Å². The Kier molecular flexibility index (Phi) is 16.7. The standard InChI is InChI=1S/C28H38N8O10P2S2/c1-5-43-47(41,44-6-2)49-27(31-29-21-23-9-13-25(14-10-23)35(37)38)33-17-19-34(20-18-33)28(50-48(42,45-7-3)46-8-4)32-30-22-24-11-15-26(16-12-24)36(39)40/h9-16,21-22H,5-8,17-20H2,1-4H3/b29-21+,30-22+,31-27-,32-28+. The van der Waals surface area contributed by atoms with Gasteiger partial charge in [-0.2, -0.15) is 10.2 Å². The summed E-state index contributed by atoms with van der Waals surface area (Å²) in [4.78, 5) is 24.7. The van der Waals surface area contributed by atoms with Gasteiger partial charge in [0.05, 0.1) is 48.7 Å². The fraction of sp³-hybridized carbons (Fsp3) is 0.429. The normalized spacial score (nSPS) is 15.0. The van der Waals surface area contributed by atoms with Gasteiger partial charge in [0.15, 0.2) is 10.3 Å². The highest BCUT2D eigenvalue weighted by molar-refractivity contribution is 8.62. The van der Waals surface area contributed by atoms with Gasteiger partial charge >= 0.3 is 13.6 Å². The average Bonchev–Trinajstić information content (AvgIpc) is 3.08. The van der Waals surface area contributed by atoms with Crippen molar-refractivity contribution >= 4 is 70.5 Å². The van der Waals surface area contributed by atoms with Gasteiger partial charge < -0.3 is 27.9 Å². The number of benzene rings is 2. The molecule has 0 bridgehead atoms. The van der Waals surface area contributed by atoms with Crippen molar-refractivity contribution in [2.45, 2.75) is 27.7 Å². The Balaban J connectivity index is 1.88. The number of rotatable bonds is 16. The van der Waals surface area contributed by atoms with E-state index in [0.717, 1.165) is 22.8 Å². The van der Waals surface area contributed by atoms with E-state index in [1.165, 1.54) is 61.0 Å². The molecule has 3 rings (SSSR count). The third-order valence-corrected chi connectivity index (χ3v) is 13.6. The van der Waals surface area contributed by atoms with Crippen LogP contribution in [0.25, 0.3) is 0 Å². The molecule has 22 heteroatoms. The predicted molar refractivity (Wildman–Crippen MR) is 196 cm³/mol. The minimum Gasteiger partial charge on any atom is -0.346 e. The highest BCUT2D eigenvalue weighted by Gasteiger charge is 2.35. The molecule has 1 heterocycles. The summed E-state index contributed by atoms with van der Waals surface area (Å²) in [6.07, 6.45) is 2.83. The molecular weight excluding hydrogens is 734 g/mol. The van der Waals surface area contributed by atoms with Crippen LogP contribution < -0.4 is 0 Å². The van der Waals surface area contributed by atoms with Crippen LogP contribution in [0.5, 0.6) is 0 Å². The van der Waals surface area contributed by atoms with Crippen molar-refractivity contribution in [3.8, 4) is 0 Å². The van der Waals surface area contributed by atoms with Crippen LogP contribution in [0.1, 0.15) is 38.8 Å². The highest BCUT2D eigenvalue weighted by atomic mass is 32.7. The van der Waals surface area contributed by atoms with Gasteiger partial charge in [0.25, 0.3) is 11.4 Å². The lowest BCUT2D eigenvalue weighted by atomic mass is 10.2. The van der Waals surface area contributed by atoms with Gasteiger partial charge in [0.1, 0.15) is 0 Å². The zero-order chi connectivity index (χ0) is 36.6. The van der Waals surface area contributed by atoms with Crippen molar-refractivity contribution < 1.29 is 37.1 Å². The summed E-state index contributed by atoms with van der Waals surface area (Å²) in [6.45, 7) is 1.28. The van der Waals surface area contributed by atoms with Crippen molar-refractivity contribution in [3.63, 3.8) is 0 Å². The van der Waals surface area contributed by atoms with E-state index in [9.17, 15) is 29.4 Å². The molecule has 0 aliphatic carbocycles. The van der Waals surface area contributed by atoms with Crippen molar-refractivity contribution in [1.82, 2.24) is 9.80 Å². The molecule has 2 aromatic rings. The number of amidine groups is 2. The molecule has 0 spiro atoms. The molecule has 0 aromatic heterocycles. The summed E-state index contributed by atoms with van der Waals surface area (Å²) in [6, 6.07) is 11.5. The Morgan fingerprint density at radius 1 is 0.660 bits per heavy atom. The Bertz CT molecular complexity index is 1510. The summed E-state index contributed by atoms with van der Waals surface area (Å²) in [5.74, 6) is 0. The topological polar surface area (TPSA) is 213 Å². The number of non-ortho nitro benzene ring substituents is 2. The number of hydrogen-bond donors (Lipinski definition) is 0. The van der Waals surface area contributed by atoms with Crippen molar-refractivity contribution in [2.24, 2.45) is 20.4 Å². The molecule has 272 valence electrons. The smallest absolute Gasteiger partial charge is 0.346 e. The van der Waals surface area contributed by atoms with E-state index in [0.29, 0.717) is 37.3 Å². The molecule has 1 fully saturated rings. The fourth-order valence-electron chi connectivity index (χ4n) is 4.03. The number of nitro benzene ring substituents is 2. The second-order valence-electron chi connectivity index (χ2n) is 9.67. The summed E-state index contributed by atoms with van der Waals surface area (Å²) < 4.78 is 48.9. The molecule has 0 N–H and O–H groups in total. The molecular formula is C28H38N8O10P2S2. The van der Waals surface area contributed by atoms with Gasteiger partial charge in [-0.05, 0) is 63.1 Å². The minimum atomic E-state index is -3.67. The molecule has 1 aliphatic heterocycles. The van der Waals surface area contributed by atoms with Crippen LogP contribution in [-0.4, -0.2) is 95.0 Å². The van der Waals surface area contributed by atoms with E-state index in [-0.39, 0.29) is 48.1 Å². The first-order valence-electron chi connectivity index (χ1n) is 15.3. The van der Waals surface area contributed by atoms with Gasteiger partial charge in [-0.25, -0.2) is 9.13 Å². The summed E-state index contributed by atoms with van der Waals surface area (Å²) in [5.41, 5.74) is 0.996. The molecule has 0 unspecified atom stereocenters.